The summed E-state index contributed by atoms with van der Waals surface area (Å²) in [5.41, 5.74) is 2.54. The van der Waals surface area contributed by atoms with Gasteiger partial charge >= 0.3 is 10.4 Å². The van der Waals surface area contributed by atoms with Gasteiger partial charge in [0.25, 0.3) is 5.56 Å². The number of anilines is 1. The van der Waals surface area contributed by atoms with Gasteiger partial charge in [0, 0.05) is 29.6 Å². The molecule has 2 N–H and O–H groups in total. The molecule has 14 heteroatoms. The summed E-state index contributed by atoms with van der Waals surface area (Å²) in [4.78, 5) is 28.5. The molecule has 1 aliphatic heterocycles. The Morgan fingerprint density at radius 2 is 1.71 bits per heavy atom. The first-order chi connectivity index (χ1) is 19.1. The van der Waals surface area contributed by atoms with Gasteiger partial charge in [-0.1, -0.05) is 23.9 Å². The van der Waals surface area contributed by atoms with Gasteiger partial charge in [-0.25, -0.2) is 0 Å². The van der Waals surface area contributed by atoms with Crippen LogP contribution in [0.15, 0.2) is 74.5 Å². The van der Waals surface area contributed by atoms with Crippen LogP contribution in [0.4, 0.5) is 17.1 Å². The number of benzene rings is 2. The maximum absolute atomic E-state index is 12.8. The van der Waals surface area contributed by atoms with Crippen molar-refractivity contribution < 1.29 is 31.5 Å². The van der Waals surface area contributed by atoms with Crippen LogP contribution in [-0.2, 0) is 21.6 Å². The van der Waals surface area contributed by atoms with Gasteiger partial charge in [0.2, 0.25) is 5.78 Å². The minimum atomic E-state index is -4.16. The van der Waals surface area contributed by atoms with E-state index in [0.29, 0.717) is 27.8 Å². The van der Waals surface area contributed by atoms with Crippen LogP contribution in [0.25, 0.3) is 0 Å². The van der Waals surface area contributed by atoms with Crippen LogP contribution in [0.5, 0.6) is 5.88 Å². The summed E-state index contributed by atoms with van der Waals surface area (Å²) in [6, 6.07) is 16.6. The fourth-order valence-corrected chi connectivity index (χ4v) is 5.40. The second kappa shape index (κ2) is 13.0. The zero-order chi connectivity index (χ0) is 30.5. The van der Waals surface area contributed by atoms with Gasteiger partial charge in [-0.2, -0.15) is 13.5 Å². The molecule has 0 fully saturated rings. The molecule has 220 valence electrons. The molecule has 1 unspecified atom stereocenters. The van der Waals surface area contributed by atoms with Crippen molar-refractivity contribution in [1.29, 1.82) is 0 Å². The third-order valence-electron chi connectivity index (χ3n) is 5.99. The largest absolute Gasteiger partial charge is 0.494 e. The molecular weight excluding hydrogens is 570 g/mol. The van der Waals surface area contributed by atoms with E-state index in [4.69, 9.17) is 4.55 Å². The number of para-hydroxylation sites is 1. The lowest BCUT2D eigenvalue weighted by molar-refractivity contribution is -0.861. The second-order valence-corrected chi connectivity index (χ2v) is 12.4. The van der Waals surface area contributed by atoms with Crippen molar-refractivity contribution in [3.63, 3.8) is 0 Å². The molecule has 0 saturated carbocycles. The number of likely N-dealkylation sites (N-methyl/N-ethyl adjacent to an activating group) is 1. The highest BCUT2D eigenvalue weighted by Crippen LogP contribution is 2.52. The third-order valence-corrected chi connectivity index (χ3v) is 7.74. The highest BCUT2D eigenvalue weighted by Gasteiger charge is 2.33. The van der Waals surface area contributed by atoms with Gasteiger partial charge in [-0.3, -0.25) is 22.9 Å². The predicted molar refractivity (Wildman–Crippen MR) is 158 cm³/mol. The highest BCUT2D eigenvalue weighted by molar-refractivity contribution is 8.00. The molecule has 2 aromatic carbocycles. The van der Waals surface area contributed by atoms with Crippen LogP contribution in [-0.4, -0.2) is 74.3 Å². The first kappa shape index (κ1) is 32.0. The number of hydrogen-bond donors (Lipinski definition) is 2. The number of nitrogens with zero attached hydrogens (tertiary/aromatic N) is 5. The summed E-state index contributed by atoms with van der Waals surface area (Å²) in [5, 5.41) is 19.1. The zero-order valence-electron chi connectivity index (χ0n) is 23.7. The number of quaternary nitrogens is 1. The predicted octanol–water partition coefficient (Wildman–Crippen LogP) is 4.46. The van der Waals surface area contributed by atoms with Crippen molar-refractivity contribution >= 4 is 45.0 Å². The standard InChI is InChI=1S/C26H29N5O3S.CH4O4S/c1-6-30-21-9-7-8-10-23(21)35-26(30)19-15-20(25(34)29(2)24(19)33)28-27-18-13-11-17(12-14-18)22(32)16-31(3,4)5;1-5-6(2,3)4/h7-15,26H,6,16H2,1-5H3;1H3,(H,2,3,4)/p+1. The van der Waals surface area contributed by atoms with E-state index in [1.165, 1.54) is 11.6 Å². The minimum absolute atomic E-state index is 0.0496. The van der Waals surface area contributed by atoms with Crippen LogP contribution in [0.1, 0.15) is 28.2 Å². The SMILES string of the molecule is CCN1c2ccccc2SC1c1cc(N=Nc2ccc(C(=O)C[N+](C)(C)C)cc2)c(=O)n(C)c1O.COS(=O)(=O)O. The van der Waals surface area contributed by atoms with Crippen molar-refractivity contribution in [1.82, 2.24) is 4.57 Å². The molecule has 0 amide bonds. The van der Waals surface area contributed by atoms with Gasteiger partial charge in [0.15, 0.2) is 11.6 Å². The Morgan fingerprint density at radius 3 is 2.27 bits per heavy atom. The molecule has 0 bridgehead atoms. The first-order valence-electron chi connectivity index (χ1n) is 12.5. The maximum Gasteiger partial charge on any atom is 0.397 e. The lowest BCUT2D eigenvalue weighted by Gasteiger charge is -2.26. The second-order valence-electron chi connectivity index (χ2n) is 10.1. The first-order valence-corrected chi connectivity index (χ1v) is 14.7. The summed E-state index contributed by atoms with van der Waals surface area (Å²) >= 11 is 1.63. The van der Waals surface area contributed by atoms with Crippen LogP contribution in [0.2, 0.25) is 0 Å². The molecule has 12 nitrogen and oxygen atoms in total. The molecule has 0 radical (unpaired) electrons. The fraction of sp³-hybridized carbons (Fsp3) is 0.333. The van der Waals surface area contributed by atoms with E-state index in [1.54, 1.807) is 42.1 Å². The summed E-state index contributed by atoms with van der Waals surface area (Å²) < 4.78 is 31.5. The summed E-state index contributed by atoms with van der Waals surface area (Å²) in [5.74, 6) is -0.0357. The van der Waals surface area contributed by atoms with Crippen molar-refractivity contribution in [3.8, 4) is 5.88 Å². The smallest absolute Gasteiger partial charge is 0.397 e. The molecule has 0 aliphatic carbocycles. The van der Waals surface area contributed by atoms with E-state index in [9.17, 15) is 23.1 Å². The summed E-state index contributed by atoms with van der Waals surface area (Å²) in [6.07, 6.45) is 0. The number of hydrogen-bond acceptors (Lipinski definition) is 10. The van der Waals surface area contributed by atoms with Gasteiger partial charge in [-0.05, 0) is 49.4 Å². The molecule has 1 atom stereocenters. The van der Waals surface area contributed by atoms with E-state index >= 15 is 0 Å². The number of carbonyl (C=O) groups excluding carboxylic acids is 1. The topological polar surface area (TPSA) is 151 Å². The molecule has 0 spiro atoms. The molecule has 0 saturated heterocycles. The molecule has 1 aromatic heterocycles. The minimum Gasteiger partial charge on any atom is -0.494 e. The Morgan fingerprint density at radius 1 is 1.10 bits per heavy atom. The summed E-state index contributed by atoms with van der Waals surface area (Å²) in [7, 11) is 4.14. The number of carbonyl (C=O) groups is 1. The van der Waals surface area contributed by atoms with Gasteiger partial charge in [0.1, 0.15) is 11.9 Å². The number of aromatic hydroxyl groups is 1. The van der Waals surface area contributed by atoms with E-state index in [1.807, 2.05) is 33.3 Å². The number of fused-ring (bicyclic) bond motifs is 1. The summed E-state index contributed by atoms with van der Waals surface area (Å²) in [6.45, 7) is 3.20. The number of ketones is 1. The van der Waals surface area contributed by atoms with Crippen molar-refractivity contribution in [2.24, 2.45) is 17.3 Å². The number of thioether (sulfide) groups is 1. The lowest BCUT2D eigenvalue weighted by atomic mass is 10.1. The molecule has 4 rings (SSSR count). The fourth-order valence-electron chi connectivity index (χ4n) is 4.01. The van der Waals surface area contributed by atoms with E-state index in [2.05, 4.69) is 38.4 Å². The molecule has 41 heavy (non-hydrogen) atoms. The molecule has 3 aromatic rings. The lowest BCUT2D eigenvalue weighted by Crippen LogP contribution is -2.39. The Kier molecular flexibility index (Phi) is 10.1. The number of pyridine rings is 1. The molecule has 2 heterocycles. The van der Waals surface area contributed by atoms with Crippen LogP contribution in [0.3, 0.4) is 0 Å². The maximum atomic E-state index is 12.8. The number of azo groups is 1. The van der Waals surface area contributed by atoms with Gasteiger partial charge in [0.05, 0.1) is 39.6 Å². The van der Waals surface area contributed by atoms with E-state index < -0.39 is 16.0 Å². The Bertz CT molecular complexity index is 1600. The normalized spacial score (nSPS) is 15.0. The Hall–Kier alpha value is -3.56. The van der Waals surface area contributed by atoms with Crippen molar-refractivity contribution in [2.75, 3.05) is 46.2 Å². The third kappa shape index (κ3) is 8.24. The number of aromatic nitrogens is 1. The zero-order valence-corrected chi connectivity index (χ0v) is 25.3. The average Bonchev–Trinajstić information content (AvgIpc) is 3.29. The number of Topliss-reactive ketones (excluding diaryl/α,β-unsaturated/α-hetero) is 1. The van der Waals surface area contributed by atoms with Crippen LogP contribution >= 0.6 is 11.8 Å². The van der Waals surface area contributed by atoms with Crippen LogP contribution < -0.4 is 10.5 Å². The number of rotatable bonds is 8. The van der Waals surface area contributed by atoms with Crippen molar-refractivity contribution in [3.05, 3.63) is 76.1 Å². The monoisotopic (exact) mass is 604 g/mol. The van der Waals surface area contributed by atoms with E-state index in [0.717, 1.165) is 24.2 Å². The van der Waals surface area contributed by atoms with Crippen molar-refractivity contribution in [2.45, 2.75) is 17.2 Å². The average molecular weight is 605 g/mol. The van der Waals surface area contributed by atoms with Gasteiger partial charge < -0.3 is 14.5 Å². The van der Waals surface area contributed by atoms with Gasteiger partial charge in [-0.15, -0.1) is 5.11 Å². The Labute approximate surface area is 243 Å². The molecular formula is C27H34N5O7S2+. The highest BCUT2D eigenvalue weighted by atomic mass is 32.3. The van der Waals surface area contributed by atoms with E-state index in [-0.39, 0.29) is 22.7 Å². The molecule has 1 aliphatic rings. The van der Waals surface area contributed by atoms with Crippen LogP contribution in [0, 0.1) is 0 Å². The quantitative estimate of drug-likeness (QED) is 0.164. The Balaban J connectivity index is 0.000000696.